The number of methoxy groups -OCH3 is 1. The van der Waals surface area contributed by atoms with Gasteiger partial charge >= 0.3 is 5.97 Å². The summed E-state index contributed by atoms with van der Waals surface area (Å²) in [5.41, 5.74) is 0. The van der Waals surface area contributed by atoms with E-state index in [1.807, 2.05) is 12.3 Å². The number of aromatic nitrogens is 1. The molecule has 2 aromatic heterocycles. The summed E-state index contributed by atoms with van der Waals surface area (Å²) in [5, 5.41) is 3.23. The van der Waals surface area contributed by atoms with Gasteiger partial charge in [0.05, 0.1) is 26.2 Å². The number of hydrogen-bond acceptors (Lipinski definition) is 6. The van der Waals surface area contributed by atoms with E-state index in [0.29, 0.717) is 13.2 Å². The van der Waals surface area contributed by atoms with Crippen LogP contribution in [0.15, 0.2) is 23.7 Å². The highest BCUT2D eigenvalue weighted by molar-refractivity contribution is 7.17. The first kappa shape index (κ1) is 13.3. The van der Waals surface area contributed by atoms with Gasteiger partial charge in [0.15, 0.2) is 0 Å². The zero-order valence-electron chi connectivity index (χ0n) is 11.2. The van der Waals surface area contributed by atoms with Crippen LogP contribution in [-0.4, -0.2) is 43.9 Å². The molecule has 0 spiro atoms. The number of fused-ring (bicyclic) bond motifs is 1. The molecule has 6 heteroatoms. The van der Waals surface area contributed by atoms with E-state index in [-0.39, 0.29) is 18.5 Å². The molecule has 1 aliphatic heterocycles. The Balaban J connectivity index is 1.79. The van der Waals surface area contributed by atoms with Crippen LogP contribution in [0.4, 0.5) is 5.82 Å². The molecule has 0 bridgehead atoms. The van der Waals surface area contributed by atoms with Gasteiger partial charge in [0.25, 0.3) is 0 Å². The summed E-state index contributed by atoms with van der Waals surface area (Å²) in [7, 11) is 1.40. The number of rotatable bonds is 3. The number of ether oxygens (including phenoxy) is 2. The summed E-state index contributed by atoms with van der Waals surface area (Å²) in [4.78, 5) is 18.0. The first-order chi connectivity index (χ1) is 9.78. The van der Waals surface area contributed by atoms with Gasteiger partial charge in [-0.1, -0.05) is 0 Å². The summed E-state index contributed by atoms with van der Waals surface area (Å²) >= 11 is 1.71. The smallest absolute Gasteiger partial charge is 0.308 e. The maximum atomic E-state index is 11.4. The number of thiophene rings is 1. The molecule has 0 N–H and O–H groups in total. The van der Waals surface area contributed by atoms with E-state index in [1.54, 1.807) is 11.3 Å². The number of pyridine rings is 1. The van der Waals surface area contributed by atoms with Crippen molar-refractivity contribution in [3.05, 3.63) is 23.7 Å². The Hall–Kier alpha value is -1.66. The van der Waals surface area contributed by atoms with Crippen molar-refractivity contribution in [1.82, 2.24) is 4.98 Å². The van der Waals surface area contributed by atoms with Crippen molar-refractivity contribution < 1.29 is 14.3 Å². The average molecular weight is 292 g/mol. The maximum absolute atomic E-state index is 11.4. The lowest BCUT2D eigenvalue weighted by atomic mass is 10.2. The van der Waals surface area contributed by atoms with Gasteiger partial charge in [-0.25, -0.2) is 4.98 Å². The van der Waals surface area contributed by atoms with Crippen molar-refractivity contribution in [2.24, 2.45) is 0 Å². The second-order valence-corrected chi connectivity index (χ2v) is 5.63. The fourth-order valence-electron chi connectivity index (χ4n) is 2.44. The van der Waals surface area contributed by atoms with Gasteiger partial charge in [-0.05, 0) is 17.5 Å². The fourth-order valence-corrected chi connectivity index (χ4v) is 3.21. The van der Waals surface area contributed by atoms with Crippen LogP contribution in [0.1, 0.15) is 6.42 Å². The minimum absolute atomic E-state index is 0.133. The predicted octanol–water partition coefficient (Wildman–Crippen LogP) is 2.06. The molecule has 20 heavy (non-hydrogen) atoms. The highest BCUT2D eigenvalue weighted by Gasteiger charge is 2.25. The van der Waals surface area contributed by atoms with Crippen LogP contribution in [0.5, 0.6) is 0 Å². The number of anilines is 1. The van der Waals surface area contributed by atoms with Crippen LogP contribution in [0.2, 0.25) is 0 Å². The van der Waals surface area contributed by atoms with Gasteiger partial charge in [-0.15, -0.1) is 11.3 Å². The molecule has 1 saturated heterocycles. The van der Waals surface area contributed by atoms with Crippen LogP contribution in [0, 0.1) is 0 Å². The predicted molar refractivity (Wildman–Crippen MR) is 78.2 cm³/mol. The third-order valence-corrected chi connectivity index (χ3v) is 4.30. The van der Waals surface area contributed by atoms with Crippen molar-refractivity contribution >= 4 is 33.2 Å². The van der Waals surface area contributed by atoms with Crippen LogP contribution >= 0.6 is 11.3 Å². The van der Waals surface area contributed by atoms with E-state index in [9.17, 15) is 4.79 Å². The minimum atomic E-state index is -0.237. The van der Waals surface area contributed by atoms with Crippen molar-refractivity contribution in [2.45, 2.75) is 12.5 Å². The molecule has 0 saturated carbocycles. The SMILES string of the molecule is COC(=O)CC1CN(c2nccc3sccc23)CCO1. The van der Waals surface area contributed by atoms with Gasteiger partial charge in [-0.3, -0.25) is 4.79 Å². The van der Waals surface area contributed by atoms with Gasteiger partial charge in [0.1, 0.15) is 5.82 Å². The maximum Gasteiger partial charge on any atom is 0.308 e. The molecule has 5 nitrogen and oxygen atoms in total. The summed E-state index contributed by atoms with van der Waals surface area (Å²) in [6.45, 7) is 2.06. The Kier molecular flexibility index (Phi) is 3.84. The Bertz CT molecular complexity index is 613. The van der Waals surface area contributed by atoms with Gasteiger partial charge in [0, 0.05) is 29.4 Å². The van der Waals surface area contributed by atoms with E-state index >= 15 is 0 Å². The zero-order chi connectivity index (χ0) is 13.9. The van der Waals surface area contributed by atoms with Gasteiger partial charge in [-0.2, -0.15) is 0 Å². The summed E-state index contributed by atoms with van der Waals surface area (Å²) in [5.74, 6) is 0.737. The highest BCUT2D eigenvalue weighted by atomic mass is 32.1. The van der Waals surface area contributed by atoms with Crippen molar-refractivity contribution in [1.29, 1.82) is 0 Å². The quantitative estimate of drug-likeness (QED) is 0.811. The number of nitrogens with zero attached hydrogens (tertiary/aromatic N) is 2. The fraction of sp³-hybridized carbons (Fsp3) is 0.429. The first-order valence-electron chi connectivity index (χ1n) is 6.53. The monoisotopic (exact) mass is 292 g/mol. The molecule has 0 aliphatic carbocycles. The Morgan fingerprint density at radius 3 is 3.35 bits per heavy atom. The Labute approximate surface area is 121 Å². The molecule has 1 unspecified atom stereocenters. The van der Waals surface area contributed by atoms with Gasteiger partial charge in [0.2, 0.25) is 0 Å². The zero-order valence-corrected chi connectivity index (χ0v) is 12.1. The summed E-state index contributed by atoms with van der Waals surface area (Å²) in [6, 6.07) is 4.11. The standard InChI is InChI=1S/C14H16N2O3S/c1-18-13(17)8-10-9-16(5-6-19-10)14-11-3-7-20-12(11)2-4-15-14/h2-4,7,10H,5-6,8-9H2,1H3. The topological polar surface area (TPSA) is 51.7 Å². The van der Waals surface area contributed by atoms with Crippen LogP contribution < -0.4 is 4.90 Å². The second-order valence-electron chi connectivity index (χ2n) is 4.69. The van der Waals surface area contributed by atoms with E-state index in [2.05, 4.69) is 21.3 Å². The average Bonchev–Trinajstić information content (AvgIpc) is 2.95. The Morgan fingerprint density at radius 1 is 1.60 bits per heavy atom. The van der Waals surface area contributed by atoms with Gasteiger partial charge < -0.3 is 14.4 Å². The van der Waals surface area contributed by atoms with Crippen molar-refractivity contribution in [3.63, 3.8) is 0 Å². The van der Waals surface area contributed by atoms with E-state index < -0.39 is 0 Å². The number of hydrogen-bond donors (Lipinski definition) is 0. The van der Waals surface area contributed by atoms with Crippen LogP contribution in [0.3, 0.4) is 0 Å². The molecule has 0 amide bonds. The Morgan fingerprint density at radius 2 is 2.50 bits per heavy atom. The van der Waals surface area contributed by atoms with E-state index in [0.717, 1.165) is 17.7 Å². The molecule has 2 aromatic rings. The summed E-state index contributed by atoms with van der Waals surface area (Å²) in [6.07, 6.45) is 1.98. The third-order valence-electron chi connectivity index (χ3n) is 3.42. The number of morpholine rings is 1. The van der Waals surface area contributed by atoms with E-state index in [4.69, 9.17) is 9.47 Å². The van der Waals surface area contributed by atoms with Crippen LogP contribution in [0.25, 0.3) is 10.1 Å². The third kappa shape index (κ3) is 2.62. The lowest BCUT2D eigenvalue weighted by Gasteiger charge is -2.33. The number of carbonyl (C=O) groups excluding carboxylic acids is 1. The molecule has 3 rings (SSSR count). The highest BCUT2D eigenvalue weighted by Crippen LogP contribution is 2.29. The number of esters is 1. The first-order valence-corrected chi connectivity index (χ1v) is 7.41. The lowest BCUT2D eigenvalue weighted by Crippen LogP contribution is -2.43. The molecule has 3 heterocycles. The second kappa shape index (κ2) is 5.76. The molecule has 1 fully saturated rings. The van der Waals surface area contributed by atoms with Crippen LogP contribution in [-0.2, 0) is 14.3 Å². The number of carbonyl (C=O) groups is 1. The largest absolute Gasteiger partial charge is 0.469 e. The molecule has 1 atom stereocenters. The molecule has 1 aliphatic rings. The minimum Gasteiger partial charge on any atom is -0.469 e. The molecule has 0 aromatic carbocycles. The van der Waals surface area contributed by atoms with E-state index in [1.165, 1.54) is 11.8 Å². The molecular weight excluding hydrogens is 276 g/mol. The normalized spacial score (nSPS) is 19.2. The molecule has 106 valence electrons. The summed E-state index contributed by atoms with van der Waals surface area (Å²) < 4.78 is 11.6. The van der Waals surface area contributed by atoms with Crippen molar-refractivity contribution in [2.75, 3.05) is 31.7 Å². The lowest BCUT2D eigenvalue weighted by molar-refractivity contribution is -0.144. The molecule has 0 radical (unpaired) electrons. The molecular formula is C14H16N2O3S. The van der Waals surface area contributed by atoms with Crippen molar-refractivity contribution in [3.8, 4) is 0 Å².